The molecule has 4 rings (SSSR count). The summed E-state index contributed by atoms with van der Waals surface area (Å²) in [5, 5.41) is 15.1. The zero-order valence-corrected chi connectivity index (χ0v) is 17.9. The maximum absolute atomic E-state index is 14.1. The third-order valence-corrected chi connectivity index (χ3v) is 5.48. The first-order valence-corrected chi connectivity index (χ1v) is 10.7. The molecule has 1 unspecified atom stereocenters. The van der Waals surface area contributed by atoms with E-state index < -0.39 is 11.7 Å². The van der Waals surface area contributed by atoms with E-state index >= 15 is 0 Å². The molecular weight excluding hydrogens is 435 g/mol. The Morgan fingerprint density at radius 3 is 2.78 bits per heavy atom. The summed E-state index contributed by atoms with van der Waals surface area (Å²) in [5.41, 5.74) is 1.35. The Bertz CT molecular complexity index is 1080. The largest absolute Gasteiger partial charge is 0.508 e. The monoisotopic (exact) mass is 456 g/mol. The van der Waals surface area contributed by atoms with Gasteiger partial charge in [-0.25, -0.2) is 14.4 Å². The maximum atomic E-state index is 14.1. The fourth-order valence-electron chi connectivity index (χ4n) is 3.50. The van der Waals surface area contributed by atoms with E-state index in [2.05, 4.69) is 20.6 Å². The van der Waals surface area contributed by atoms with E-state index in [-0.39, 0.29) is 28.1 Å². The maximum Gasteiger partial charge on any atom is 0.259 e. The molecule has 3 N–H and O–H groups in total. The summed E-state index contributed by atoms with van der Waals surface area (Å²) in [7, 11) is 0. The number of carbonyl (C=O) groups excluding carboxylic acids is 1. The lowest BCUT2D eigenvalue weighted by molar-refractivity contribution is 0.101. The number of aromatic nitrogens is 2. The van der Waals surface area contributed by atoms with Crippen molar-refractivity contribution in [2.24, 2.45) is 0 Å². The Morgan fingerprint density at radius 2 is 2.06 bits per heavy atom. The summed E-state index contributed by atoms with van der Waals surface area (Å²) in [6.07, 6.45) is 4.71. The number of para-hydroxylation sites is 1. The zero-order valence-electron chi connectivity index (χ0n) is 17.1. The minimum absolute atomic E-state index is 0.0875. The van der Waals surface area contributed by atoms with Crippen LogP contribution in [0.3, 0.4) is 0 Å². The highest BCUT2D eigenvalue weighted by molar-refractivity contribution is 6.34. The molecule has 0 aliphatic carbocycles. The molecule has 1 atom stereocenters. The Balaban J connectivity index is 1.58. The van der Waals surface area contributed by atoms with Crippen molar-refractivity contribution >= 4 is 34.8 Å². The van der Waals surface area contributed by atoms with Crippen molar-refractivity contribution in [2.75, 3.05) is 17.2 Å². The van der Waals surface area contributed by atoms with Gasteiger partial charge >= 0.3 is 0 Å². The van der Waals surface area contributed by atoms with Crippen LogP contribution in [-0.4, -0.2) is 33.7 Å². The lowest BCUT2D eigenvalue weighted by Crippen LogP contribution is -2.18. The van der Waals surface area contributed by atoms with Gasteiger partial charge in [0.2, 0.25) is 5.95 Å². The predicted molar refractivity (Wildman–Crippen MR) is 120 cm³/mol. The van der Waals surface area contributed by atoms with Crippen LogP contribution in [0.25, 0.3) is 0 Å². The second-order valence-electron chi connectivity index (χ2n) is 7.45. The summed E-state index contributed by atoms with van der Waals surface area (Å²) in [6.45, 7) is 0.737. The lowest BCUT2D eigenvalue weighted by atomic mass is 10.1. The standard InChI is InChI=1S/C23H22ClFN4O3/c24-18-4-1-5-19(25)21(18)29-22(31)17-13-26-23(27-14-6-8-15(30)9-7-14)28-20(17)11-10-16-3-2-12-32-16/h1,4-9,13,16,30H,2-3,10-12H2,(H,29,31)(H,26,27,28). The molecule has 3 aromatic rings. The Labute approximate surface area is 189 Å². The summed E-state index contributed by atoms with van der Waals surface area (Å²) >= 11 is 6.04. The molecule has 166 valence electrons. The molecule has 2 aromatic carbocycles. The van der Waals surface area contributed by atoms with Gasteiger partial charge in [0.25, 0.3) is 5.91 Å². The van der Waals surface area contributed by atoms with Crippen LogP contribution in [-0.2, 0) is 11.2 Å². The first-order valence-electron chi connectivity index (χ1n) is 10.3. The van der Waals surface area contributed by atoms with Gasteiger partial charge in [0.1, 0.15) is 11.6 Å². The molecule has 0 saturated carbocycles. The van der Waals surface area contributed by atoms with Gasteiger partial charge < -0.3 is 20.5 Å². The molecule has 32 heavy (non-hydrogen) atoms. The van der Waals surface area contributed by atoms with Crippen molar-refractivity contribution in [3.05, 3.63) is 70.8 Å². The van der Waals surface area contributed by atoms with Crippen LogP contribution < -0.4 is 10.6 Å². The van der Waals surface area contributed by atoms with Gasteiger partial charge in [-0.05, 0) is 62.1 Å². The first-order chi connectivity index (χ1) is 15.5. The predicted octanol–water partition coefficient (Wildman–Crippen LogP) is 5.08. The van der Waals surface area contributed by atoms with Gasteiger partial charge in [-0.3, -0.25) is 4.79 Å². The number of hydrogen-bond acceptors (Lipinski definition) is 6. The minimum atomic E-state index is -0.627. The van der Waals surface area contributed by atoms with E-state index in [1.165, 1.54) is 24.4 Å². The molecule has 1 saturated heterocycles. The summed E-state index contributed by atoms with van der Waals surface area (Å²) in [4.78, 5) is 21.7. The molecular formula is C23H22ClFN4O3. The van der Waals surface area contributed by atoms with E-state index in [0.29, 0.717) is 30.2 Å². The molecule has 0 bridgehead atoms. The van der Waals surface area contributed by atoms with Crippen molar-refractivity contribution in [3.8, 4) is 5.75 Å². The van der Waals surface area contributed by atoms with Gasteiger partial charge in [0, 0.05) is 18.5 Å². The van der Waals surface area contributed by atoms with Crippen LogP contribution in [0.2, 0.25) is 5.02 Å². The van der Waals surface area contributed by atoms with Crippen molar-refractivity contribution in [1.82, 2.24) is 9.97 Å². The number of benzene rings is 2. The molecule has 2 heterocycles. The molecule has 1 amide bonds. The average Bonchev–Trinajstić information content (AvgIpc) is 3.30. The minimum Gasteiger partial charge on any atom is -0.508 e. The Kier molecular flexibility index (Phi) is 6.82. The third kappa shape index (κ3) is 5.33. The van der Waals surface area contributed by atoms with E-state index in [9.17, 15) is 14.3 Å². The lowest BCUT2D eigenvalue weighted by Gasteiger charge is -2.14. The highest BCUT2D eigenvalue weighted by Gasteiger charge is 2.21. The number of anilines is 3. The Hall–Kier alpha value is -3.23. The number of ether oxygens (including phenoxy) is 1. The smallest absolute Gasteiger partial charge is 0.259 e. The molecule has 0 radical (unpaired) electrons. The van der Waals surface area contributed by atoms with Gasteiger partial charge in [0.05, 0.1) is 28.1 Å². The van der Waals surface area contributed by atoms with Crippen molar-refractivity contribution < 1.29 is 19.0 Å². The average molecular weight is 457 g/mol. The quantitative estimate of drug-likeness (QED) is 0.429. The summed E-state index contributed by atoms with van der Waals surface area (Å²) < 4.78 is 19.8. The van der Waals surface area contributed by atoms with Crippen LogP contribution in [0.1, 0.15) is 35.3 Å². The van der Waals surface area contributed by atoms with Crippen LogP contribution in [0.5, 0.6) is 5.75 Å². The number of phenolic OH excluding ortho intramolecular Hbond substituents is 1. The van der Waals surface area contributed by atoms with E-state index in [1.807, 2.05) is 0 Å². The SMILES string of the molecule is O=C(Nc1c(F)cccc1Cl)c1cnc(Nc2ccc(O)cc2)nc1CCC1CCCO1. The van der Waals surface area contributed by atoms with Crippen LogP contribution in [0.4, 0.5) is 21.7 Å². The number of nitrogens with zero attached hydrogens (tertiary/aromatic N) is 2. The Morgan fingerprint density at radius 1 is 1.25 bits per heavy atom. The number of aromatic hydroxyl groups is 1. The van der Waals surface area contributed by atoms with Crippen LogP contribution >= 0.6 is 11.6 Å². The highest BCUT2D eigenvalue weighted by Crippen LogP contribution is 2.26. The second kappa shape index (κ2) is 9.93. The van der Waals surface area contributed by atoms with E-state index in [4.69, 9.17) is 16.3 Å². The summed E-state index contributed by atoms with van der Waals surface area (Å²) in [5.74, 6) is -0.722. The molecule has 0 spiro atoms. The van der Waals surface area contributed by atoms with Crippen molar-refractivity contribution in [1.29, 1.82) is 0 Å². The fourth-order valence-corrected chi connectivity index (χ4v) is 3.71. The second-order valence-corrected chi connectivity index (χ2v) is 7.86. The van der Waals surface area contributed by atoms with Gasteiger partial charge in [-0.15, -0.1) is 0 Å². The van der Waals surface area contributed by atoms with Crippen molar-refractivity contribution in [3.63, 3.8) is 0 Å². The van der Waals surface area contributed by atoms with E-state index in [0.717, 1.165) is 19.4 Å². The van der Waals surface area contributed by atoms with Gasteiger partial charge in [-0.2, -0.15) is 0 Å². The number of amides is 1. The third-order valence-electron chi connectivity index (χ3n) is 5.16. The number of halogens is 2. The number of hydrogen-bond donors (Lipinski definition) is 3. The number of aryl methyl sites for hydroxylation is 1. The zero-order chi connectivity index (χ0) is 22.5. The topological polar surface area (TPSA) is 96.4 Å². The number of rotatable bonds is 7. The number of carbonyl (C=O) groups is 1. The van der Waals surface area contributed by atoms with Crippen molar-refractivity contribution in [2.45, 2.75) is 31.8 Å². The number of phenols is 1. The molecule has 1 aromatic heterocycles. The number of nitrogens with one attached hydrogen (secondary N) is 2. The molecule has 7 nitrogen and oxygen atoms in total. The molecule has 1 fully saturated rings. The normalized spacial score (nSPS) is 15.5. The van der Waals surface area contributed by atoms with Gasteiger partial charge in [0.15, 0.2) is 0 Å². The fraction of sp³-hybridized carbons (Fsp3) is 0.261. The summed E-state index contributed by atoms with van der Waals surface area (Å²) in [6, 6.07) is 10.6. The van der Waals surface area contributed by atoms with Gasteiger partial charge in [-0.1, -0.05) is 17.7 Å². The first kappa shape index (κ1) is 22.0. The molecule has 9 heteroatoms. The van der Waals surface area contributed by atoms with E-state index in [1.54, 1.807) is 24.3 Å². The highest BCUT2D eigenvalue weighted by atomic mass is 35.5. The van der Waals surface area contributed by atoms with Crippen LogP contribution in [0, 0.1) is 5.82 Å². The van der Waals surface area contributed by atoms with Crippen LogP contribution in [0.15, 0.2) is 48.7 Å². The molecule has 1 aliphatic rings. The molecule has 1 aliphatic heterocycles.